The number of aliphatic hydroxyl groups is 2. The Kier molecular flexibility index (Phi) is 10.4. The second-order valence-electron chi connectivity index (χ2n) is 16.3. The molecule has 1 aromatic heterocycles. The Bertz CT molecular complexity index is 1760. The number of aryl methyl sites for hydroxylation is 1. The third-order valence-corrected chi connectivity index (χ3v) is 14.5. The average molecular weight is 707 g/mol. The maximum Gasteiger partial charge on any atom is 0.303 e. The number of rotatable bonds is 7. The molecule has 0 aliphatic heterocycles. The molecule has 10 heteroatoms. The minimum Gasteiger partial charge on any atom is -0.481 e. The summed E-state index contributed by atoms with van der Waals surface area (Å²) in [5.41, 5.74) is 3.85. The van der Waals surface area contributed by atoms with Gasteiger partial charge in [-0.25, -0.2) is 13.6 Å². The monoisotopic (exact) mass is 706 g/mol. The van der Waals surface area contributed by atoms with E-state index in [1.165, 1.54) is 37.8 Å². The maximum atomic E-state index is 11.3. The summed E-state index contributed by atoms with van der Waals surface area (Å²) in [6.07, 6.45) is 9.19. The first-order valence-corrected chi connectivity index (χ1v) is 19.9. The van der Waals surface area contributed by atoms with Crippen molar-refractivity contribution >= 4 is 16.0 Å². The highest BCUT2D eigenvalue weighted by Crippen LogP contribution is 2.68. The summed E-state index contributed by atoms with van der Waals surface area (Å²) in [5.74, 6) is 3.03. The van der Waals surface area contributed by atoms with Gasteiger partial charge in [-0.2, -0.15) is 0 Å². The molecule has 5 N–H and O–H groups in total. The SMILES string of the molecule is C[C@H](CCC(=O)O)[C@H]1CC[C@H]2[C@@H]3[C@@H](O)C[C@@H]4C[C@H](O)CC[C@]4(C)[C@H]3CC[C@]12C.Cc1onc(-c2ccccc2)c1-c1ccc(S(N)(=O)=O)cc1. The van der Waals surface area contributed by atoms with Gasteiger partial charge < -0.3 is 19.8 Å². The zero-order valence-electron chi connectivity index (χ0n) is 29.8. The van der Waals surface area contributed by atoms with E-state index in [0.717, 1.165) is 54.5 Å². The lowest BCUT2D eigenvalue weighted by atomic mass is 9.43. The number of benzene rings is 2. The topological polar surface area (TPSA) is 164 Å². The molecule has 7 rings (SSSR count). The van der Waals surface area contributed by atoms with Gasteiger partial charge >= 0.3 is 5.97 Å². The van der Waals surface area contributed by atoms with Crippen LogP contribution < -0.4 is 5.14 Å². The van der Waals surface area contributed by atoms with Gasteiger partial charge in [-0.05, 0) is 129 Å². The number of hydrogen-bond donors (Lipinski definition) is 4. The molecule has 0 saturated heterocycles. The molecule has 0 radical (unpaired) electrons. The van der Waals surface area contributed by atoms with Gasteiger partial charge in [0.2, 0.25) is 10.0 Å². The molecule has 272 valence electrons. The number of nitrogens with zero attached hydrogens (tertiary/aromatic N) is 1. The number of hydrogen-bond acceptors (Lipinski definition) is 7. The summed E-state index contributed by atoms with van der Waals surface area (Å²) in [4.78, 5) is 11.1. The van der Waals surface area contributed by atoms with Crippen molar-refractivity contribution in [1.29, 1.82) is 0 Å². The number of aromatic nitrogens is 1. The van der Waals surface area contributed by atoms with E-state index in [-0.39, 0.29) is 34.4 Å². The standard InChI is InChI=1S/C24H40O4.C16H14N2O3S/c1-14(4-7-21(27)28)17-5-6-18-22-19(9-11-24(17,18)3)23(2)10-8-16(25)12-15(23)13-20(22)26;1-11-15(12-7-9-14(10-8-12)22(17,19)20)16(18-21-11)13-5-3-2-4-6-13/h14-20,22,25-26H,4-13H2,1-3H3,(H,27,28);2-10H,1H3,(H2,17,19,20)/t14-,15+,16-,17-,18+,19+,20+,22+,23+,24-;/m1./s1. The Balaban J connectivity index is 0.000000178. The lowest BCUT2D eigenvalue weighted by molar-refractivity contribution is -0.174. The Morgan fingerprint density at radius 3 is 2.26 bits per heavy atom. The van der Waals surface area contributed by atoms with Crippen LogP contribution in [0.5, 0.6) is 0 Å². The quantitative estimate of drug-likeness (QED) is 0.197. The van der Waals surface area contributed by atoms with Crippen LogP contribution in [0.25, 0.3) is 22.4 Å². The second-order valence-corrected chi connectivity index (χ2v) is 17.8. The number of sulfonamides is 1. The van der Waals surface area contributed by atoms with Gasteiger partial charge in [0.1, 0.15) is 11.5 Å². The van der Waals surface area contributed by atoms with E-state index in [1.54, 1.807) is 12.1 Å². The molecule has 0 spiro atoms. The first-order valence-electron chi connectivity index (χ1n) is 18.4. The van der Waals surface area contributed by atoms with Crippen LogP contribution in [0.15, 0.2) is 64.0 Å². The fourth-order valence-corrected chi connectivity index (χ4v) is 11.6. The smallest absolute Gasteiger partial charge is 0.303 e. The fourth-order valence-electron chi connectivity index (χ4n) is 11.0. The van der Waals surface area contributed by atoms with Gasteiger partial charge in [-0.1, -0.05) is 68.4 Å². The van der Waals surface area contributed by atoms with Crippen LogP contribution in [0.3, 0.4) is 0 Å². The maximum absolute atomic E-state index is 11.3. The molecule has 4 aliphatic carbocycles. The van der Waals surface area contributed by atoms with Crippen molar-refractivity contribution < 1.29 is 33.1 Å². The molecule has 0 unspecified atom stereocenters. The van der Waals surface area contributed by atoms with Crippen LogP contribution in [-0.2, 0) is 14.8 Å². The summed E-state index contributed by atoms with van der Waals surface area (Å²) in [7, 11) is -3.70. The molecule has 4 fully saturated rings. The summed E-state index contributed by atoms with van der Waals surface area (Å²) in [5, 5.41) is 39.8. The lowest BCUT2D eigenvalue weighted by Crippen LogP contribution is -2.58. The minimum absolute atomic E-state index is 0.0756. The third-order valence-electron chi connectivity index (χ3n) is 13.6. The summed E-state index contributed by atoms with van der Waals surface area (Å²) >= 11 is 0. The van der Waals surface area contributed by atoms with Gasteiger partial charge in [0, 0.05) is 12.0 Å². The van der Waals surface area contributed by atoms with Crippen LogP contribution in [0, 0.1) is 53.3 Å². The van der Waals surface area contributed by atoms with Crippen LogP contribution in [0.1, 0.15) is 90.7 Å². The van der Waals surface area contributed by atoms with E-state index in [4.69, 9.17) is 14.8 Å². The predicted octanol–water partition coefficient (Wildman–Crippen LogP) is 7.44. The highest BCUT2D eigenvalue weighted by Gasteiger charge is 2.62. The summed E-state index contributed by atoms with van der Waals surface area (Å²) < 4.78 is 28.0. The average Bonchev–Trinajstić information content (AvgIpc) is 3.64. The first-order chi connectivity index (χ1) is 23.6. The van der Waals surface area contributed by atoms with E-state index in [2.05, 4.69) is 25.9 Å². The summed E-state index contributed by atoms with van der Waals surface area (Å²) in [6.45, 7) is 8.99. The van der Waals surface area contributed by atoms with Crippen molar-refractivity contribution in [2.24, 2.45) is 51.5 Å². The highest BCUT2D eigenvalue weighted by atomic mass is 32.2. The molecule has 3 aromatic rings. The van der Waals surface area contributed by atoms with E-state index in [9.17, 15) is 23.4 Å². The minimum atomic E-state index is -3.70. The molecule has 50 heavy (non-hydrogen) atoms. The van der Waals surface area contributed by atoms with Crippen LogP contribution in [0.2, 0.25) is 0 Å². The molecule has 0 bridgehead atoms. The van der Waals surface area contributed by atoms with Crippen molar-refractivity contribution in [3.05, 3.63) is 60.4 Å². The number of carbonyl (C=O) groups is 1. The van der Waals surface area contributed by atoms with Crippen LogP contribution in [-0.4, -0.2) is 47.1 Å². The molecule has 2 aromatic carbocycles. The zero-order chi connectivity index (χ0) is 36.0. The predicted molar refractivity (Wildman–Crippen MR) is 192 cm³/mol. The van der Waals surface area contributed by atoms with E-state index < -0.39 is 16.0 Å². The second kappa shape index (κ2) is 14.2. The van der Waals surface area contributed by atoms with Gasteiger partial charge in [-0.15, -0.1) is 0 Å². The fraction of sp³-hybridized carbons (Fsp3) is 0.600. The molecular formula is C40H54N2O7S. The number of primary sulfonamides is 1. The number of carboxylic acid groups (broad SMARTS) is 1. The van der Waals surface area contributed by atoms with E-state index in [0.29, 0.717) is 41.3 Å². The highest BCUT2D eigenvalue weighted by molar-refractivity contribution is 7.89. The van der Waals surface area contributed by atoms with Gasteiger partial charge in [0.15, 0.2) is 0 Å². The molecule has 9 nitrogen and oxygen atoms in total. The molecule has 4 aliphatic rings. The van der Waals surface area contributed by atoms with Crippen molar-refractivity contribution in [3.63, 3.8) is 0 Å². The van der Waals surface area contributed by atoms with Crippen molar-refractivity contribution in [2.75, 3.05) is 0 Å². The molecule has 10 atom stereocenters. The number of nitrogens with two attached hydrogens (primary N) is 1. The van der Waals surface area contributed by atoms with Crippen molar-refractivity contribution in [1.82, 2.24) is 5.16 Å². The number of aliphatic carboxylic acids is 1. The normalized spacial score (nSPS) is 34.0. The van der Waals surface area contributed by atoms with Crippen LogP contribution >= 0.6 is 0 Å². The third kappa shape index (κ3) is 6.93. The number of aliphatic hydroxyl groups excluding tert-OH is 2. The Morgan fingerprint density at radius 2 is 1.60 bits per heavy atom. The summed E-state index contributed by atoms with van der Waals surface area (Å²) in [6, 6.07) is 16.0. The van der Waals surface area contributed by atoms with Gasteiger partial charge in [0.05, 0.1) is 22.7 Å². The Labute approximate surface area is 296 Å². The molecule has 4 saturated carbocycles. The van der Waals surface area contributed by atoms with Crippen LogP contribution in [0.4, 0.5) is 0 Å². The Morgan fingerprint density at radius 1 is 0.940 bits per heavy atom. The number of fused-ring (bicyclic) bond motifs is 5. The van der Waals surface area contributed by atoms with Gasteiger partial charge in [0.25, 0.3) is 0 Å². The van der Waals surface area contributed by atoms with Crippen molar-refractivity contribution in [3.8, 4) is 22.4 Å². The zero-order valence-corrected chi connectivity index (χ0v) is 30.6. The molecule has 0 amide bonds. The number of carboxylic acids is 1. The van der Waals surface area contributed by atoms with E-state index >= 15 is 0 Å². The molecular weight excluding hydrogens is 653 g/mol. The van der Waals surface area contributed by atoms with E-state index in [1.807, 2.05) is 37.3 Å². The first kappa shape index (κ1) is 36.7. The molecule has 1 heterocycles. The Hall–Kier alpha value is -3.05. The largest absolute Gasteiger partial charge is 0.481 e. The van der Waals surface area contributed by atoms with Crippen molar-refractivity contribution in [2.45, 2.75) is 109 Å². The lowest BCUT2D eigenvalue weighted by Gasteiger charge is -2.62. The van der Waals surface area contributed by atoms with Gasteiger partial charge in [-0.3, -0.25) is 4.79 Å².